The minimum Gasteiger partial charge on any atom is -0.494 e. The monoisotopic (exact) mass is 1080 g/mol. The molecule has 5 rings (SSSR count). The van der Waals surface area contributed by atoms with E-state index < -0.39 is 11.9 Å². The van der Waals surface area contributed by atoms with E-state index in [9.17, 15) is 9.59 Å². The topological polar surface area (TPSA) is 121 Å². The predicted octanol–water partition coefficient (Wildman–Crippen LogP) is 22.5. The molecule has 0 heterocycles. The molecule has 0 N–H and O–H groups in total. The molecule has 0 amide bonds. The molecule has 0 aliphatic rings. The lowest BCUT2D eigenvalue weighted by molar-refractivity contribution is 0.0731. The van der Waals surface area contributed by atoms with E-state index in [-0.39, 0.29) is 11.5 Å². The summed E-state index contributed by atoms with van der Waals surface area (Å²) in [5, 5.41) is 17.4. The number of azo groups is 2. The van der Waals surface area contributed by atoms with Crippen molar-refractivity contribution >= 4 is 34.7 Å². The van der Waals surface area contributed by atoms with Crippen molar-refractivity contribution in [1.82, 2.24) is 0 Å². The number of carbonyl (C=O) groups excluding carboxylic acids is 2. The smallest absolute Gasteiger partial charge is 0.343 e. The molecular formula is C69H96N4O6. The number of carbonyl (C=O) groups is 2. The second-order valence-corrected chi connectivity index (χ2v) is 21.5. The van der Waals surface area contributed by atoms with Gasteiger partial charge in [0.1, 0.15) is 23.0 Å². The fourth-order valence-corrected chi connectivity index (χ4v) is 9.54. The van der Waals surface area contributed by atoms with Gasteiger partial charge >= 0.3 is 11.9 Å². The molecule has 0 aliphatic heterocycles. The highest BCUT2D eigenvalue weighted by Crippen LogP contribution is 2.29. The molecule has 0 atom stereocenters. The summed E-state index contributed by atoms with van der Waals surface area (Å²) in [7, 11) is 0. The van der Waals surface area contributed by atoms with Crippen molar-refractivity contribution in [3.05, 3.63) is 132 Å². The van der Waals surface area contributed by atoms with Crippen molar-refractivity contribution in [3.8, 4) is 23.0 Å². The van der Waals surface area contributed by atoms with Crippen molar-refractivity contribution in [3.63, 3.8) is 0 Å². The molecule has 0 radical (unpaired) electrons. The summed E-state index contributed by atoms with van der Waals surface area (Å²) in [6.07, 6.45) is 43.2. The van der Waals surface area contributed by atoms with Crippen LogP contribution >= 0.6 is 0 Å². The average Bonchev–Trinajstić information content (AvgIpc) is 3.47. The highest BCUT2D eigenvalue weighted by atomic mass is 16.5. The molecule has 5 aromatic carbocycles. The Balaban J connectivity index is 0.911. The van der Waals surface area contributed by atoms with Gasteiger partial charge < -0.3 is 18.9 Å². The maximum Gasteiger partial charge on any atom is 0.343 e. The fraction of sp³-hybridized carbons (Fsp3) is 0.536. The zero-order valence-corrected chi connectivity index (χ0v) is 48.7. The number of nitrogens with zero attached hydrogens (tertiary/aromatic N) is 4. The van der Waals surface area contributed by atoms with Crippen molar-refractivity contribution < 1.29 is 28.5 Å². The number of aryl methyl sites for hydroxylation is 1. The van der Waals surface area contributed by atoms with Crippen LogP contribution in [0.5, 0.6) is 23.0 Å². The van der Waals surface area contributed by atoms with E-state index in [0.717, 1.165) is 24.3 Å². The van der Waals surface area contributed by atoms with E-state index in [2.05, 4.69) is 34.3 Å². The molecule has 0 saturated heterocycles. The lowest BCUT2D eigenvalue weighted by atomic mass is 10.0. The number of rotatable bonds is 44. The summed E-state index contributed by atoms with van der Waals surface area (Å²) < 4.78 is 23.4. The van der Waals surface area contributed by atoms with E-state index >= 15 is 0 Å². The summed E-state index contributed by atoms with van der Waals surface area (Å²) in [4.78, 5) is 26.3. The number of hydrogen-bond acceptors (Lipinski definition) is 10. The van der Waals surface area contributed by atoms with E-state index in [1.165, 1.54) is 199 Å². The van der Waals surface area contributed by atoms with Crippen LogP contribution in [-0.4, -0.2) is 25.2 Å². The lowest BCUT2D eigenvalue weighted by Crippen LogP contribution is -2.11. The van der Waals surface area contributed by atoms with Crippen LogP contribution < -0.4 is 18.9 Å². The minimum absolute atomic E-state index is 0.241. The van der Waals surface area contributed by atoms with Gasteiger partial charge in [-0.15, -0.1) is 0 Å². The first-order valence-corrected chi connectivity index (χ1v) is 30.9. The quantitative estimate of drug-likeness (QED) is 0.0166. The van der Waals surface area contributed by atoms with Crippen LogP contribution in [0.3, 0.4) is 0 Å². The third kappa shape index (κ3) is 28.5. The Morgan fingerprint density at radius 1 is 0.316 bits per heavy atom. The first kappa shape index (κ1) is 63.7. The van der Waals surface area contributed by atoms with Gasteiger partial charge in [-0.05, 0) is 128 Å². The van der Waals surface area contributed by atoms with Crippen molar-refractivity contribution in [2.45, 2.75) is 226 Å². The van der Waals surface area contributed by atoms with Gasteiger partial charge in [-0.3, -0.25) is 0 Å². The van der Waals surface area contributed by atoms with Gasteiger partial charge in [0.15, 0.2) is 0 Å². The predicted molar refractivity (Wildman–Crippen MR) is 325 cm³/mol. The maximum atomic E-state index is 13.2. The van der Waals surface area contributed by atoms with Crippen LogP contribution in [0.15, 0.2) is 136 Å². The molecule has 0 aliphatic carbocycles. The molecule has 0 fully saturated rings. The molecule has 0 bridgehead atoms. The van der Waals surface area contributed by atoms with Crippen molar-refractivity contribution in [1.29, 1.82) is 0 Å². The van der Waals surface area contributed by atoms with E-state index in [4.69, 9.17) is 18.9 Å². The number of unbranched alkanes of at least 4 members (excludes halogenated alkanes) is 30. The van der Waals surface area contributed by atoms with Crippen LogP contribution in [0.4, 0.5) is 22.7 Å². The highest BCUT2D eigenvalue weighted by molar-refractivity contribution is 5.92. The van der Waals surface area contributed by atoms with Gasteiger partial charge in [0.2, 0.25) is 0 Å². The van der Waals surface area contributed by atoms with Crippen molar-refractivity contribution in [2.75, 3.05) is 13.2 Å². The largest absolute Gasteiger partial charge is 0.494 e. The molecule has 0 aromatic heterocycles. The Morgan fingerprint density at radius 2 is 0.582 bits per heavy atom. The molecule has 0 spiro atoms. The molecule has 428 valence electrons. The maximum absolute atomic E-state index is 13.2. The Morgan fingerprint density at radius 3 is 0.899 bits per heavy atom. The van der Waals surface area contributed by atoms with E-state index in [1.807, 2.05) is 55.5 Å². The SMILES string of the molecule is CCCCCCCCCCCCCCCCCCOc1ccc(N=Nc2ccc(C(=O)Oc3ccc(C)c(OC(=O)c4ccc(N=Nc5ccc(OCCCCCCCCCCCCCCCCCC)cc5)cc4)c3)cc2)cc1. The molecule has 0 saturated carbocycles. The van der Waals surface area contributed by atoms with Gasteiger partial charge in [0, 0.05) is 6.07 Å². The summed E-state index contributed by atoms with van der Waals surface area (Å²) in [5.41, 5.74) is 3.96. The summed E-state index contributed by atoms with van der Waals surface area (Å²) in [6, 6.07) is 33.5. The van der Waals surface area contributed by atoms with E-state index in [1.54, 1.807) is 60.7 Å². The third-order valence-electron chi connectivity index (χ3n) is 14.5. The molecule has 0 unspecified atom stereocenters. The van der Waals surface area contributed by atoms with Crippen molar-refractivity contribution in [2.24, 2.45) is 20.5 Å². The Bertz CT molecular complexity index is 2440. The Kier molecular flexibility index (Phi) is 33.0. The molecule has 10 heteroatoms. The second-order valence-electron chi connectivity index (χ2n) is 21.5. The fourth-order valence-electron chi connectivity index (χ4n) is 9.54. The van der Waals surface area contributed by atoms with Crippen LogP contribution in [0.1, 0.15) is 246 Å². The Hall–Kier alpha value is -6.16. The van der Waals surface area contributed by atoms with Gasteiger partial charge in [-0.2, -0.15) is 20.5 Å². The zero-order chi connectivity index (χ0) is 55.6. The Labute approximate surface area is 476 Å². The van der Waals surface area contributed by atoms with Crippen LogP contribution in [0.25, 0.3) is 0 Å². The van der Waals surface area contributed by atoms with Gasteiger partial charge in [-0.25, -0.2) is 9.59 Å². The second kappa shape index (κ2) is 40.9. The molecular weight excluding hydrogens is 981 g/mol. The number of benzene rings is 5. The van der Waals surface area contributed by atoms with Crippen LogP contribution in [0, 0.1) is 6.92 Å². The van der Waals surface area contributed by atoms with Gasteiger partial charge in [0.25, 0.3) is 0 Å². The average molecular weight is 1080 g/mol. The van der Waals surface area contributed by atoms with Crippen LogP contribution in [0.2, 0.25) is 0 Å². The zero-order valence-electron chi connectivity index (χ0n) is 48.7. The number of hydrogen-bond donors (Lipinski definition) is 0. The number of ether oxygens (including phenoxy) is 4. The summed E-state index contributed by atoms with van der Waals surface area (Å²) in [6.45, 7) is 7.81. The first-order valence-electron chi connectivity index (χ1n) is 30.9. The van der Waals surface area contributed by atoms with Crippen LogP contribution in [-0.2, 0) is 0 Å². The number of esters is 2. The third-order valence-corrected chi connectivity index (χ3v) is 14.5. The lowest BCUT2D eigenvalue weighted by Gasteiger charge is -2.10. The van der Waals surface area contributed by atoms with Gasteiger partial charge in [0.05, 0.1) is 47.1 Å². The summed E-state index contributed by atoms with van der Waals surface area (Å²) >= 11 is 0. The first-order chi connectivity index (χ1) is 38.9. The summed E-state index contributed by atoms with van der Waals surface area (Å²) in [5.74, 6) is 1.05. The molecule has 10 nitrogen and oxygen atoms in total. The molecule has 5 aromatic rings. The standard InChI is InChI=1S/C69H96N4O6/c1-4-6-8-10-12-14-16-18-20-22-24-26-28-30-32-34-54-76-64-50-45-62(46-51-64)72-70-60-41-37-58(38-42-60)68(74)78-66-49-36-57(3)67(56-66)79-69(75)59-39-43-61(44-40-59)71-73-63-47-52-65(53-48-63)77-55-35-33-31-29-27-25-23-21-19-17-15-13-11-9-7-5-2/h36-53,56H,4-35,54-55H2,1-3H3. The normalized spacial score (nSPS) is 11.4. The van der Waals surface area contributed by atoms with Gasteiger partial charge in [-0.1, -0.05) is 213 Å². The van der Waals surface area contributed by atoms with E-state index in [0.29, 0.717) is 52.7 Å². The highest BCUT2D eigenvalue weighted by Gasteiger charge is 2.15. The minimum atomic E-state index is -0.561. The molecule has 79 heavy (non-hydrogen) atoms.